The first kappa shape index (κ1) is 22.3. The van der Waals surface area contributed by atoms with Gasteiger partial charge in [-0.3, -0.25) is 10.2 Å². The molecule has 3 N–H and O–H groups in total. The van der Waals surface area contributed by atoms with Gasteiger partial charge in [-0.05, 0) is 49.7 Å². The molecule has 1 saturated heterocycles. The Morgan fingerprint density at radius 2 is 1.88 bits per heavy atom. The molecule has 1 aliphatic rings. The molecule has 0 saturated carbocycles. The molecule has 5 rings (SSSR count). The molecule has 1 aliphatic heterocycles. The van der Waals surface area contributed by atoms with Crippen molar-refractivity contribution in [1.29, 1.82) is 0 Å². The Balaban J connectivity index is 0.00000245. The third kappa shape index (κ3) is 4.80. The number of carbonyl (C=O) groups excluding carboxylic acids is 1. The molecule has 3 heterocycles. The fraction of sp³-hybridized carbons (Fsp3) is 0.250. The van der Waals surface area contributed by atoms with Crippen LogP contribution in [0, 0.1) is 0 Å². The standard InChI is InChI=1S/C24H25N5OS.ClH/c1-29-14-13-17(15-20(29)23-26-18-9-5-6-10-19(18)27-23)25-24(30)28-22-12-11-21(31-22)16-7-3-2-4-8-16;/h2-12,17,20H,13-15H2,1H3,(H,26,27)(H2,25,28,30);1H/t17-,20-;/m1./s1. The van der Waals surface area contributed by atoms with Gasteiger partial charge in [0.15, 0.2) is 0 Å². The van der Waals surface area contributed by atoms with Gasteiger partial charge in [0.1, 0.15) is 5.82 Å². The second-order valence-electron chi connectivity index (χ2n) is 7.99. The summed E-state index contributed by atoms with van der Waals surface area (Å²) < 4.78 is 0. The molecule has 1 fully saturated rings. The molecule has 8 heteroatoms. The van der Waals surface area contributed by atoms with E-state index in [0.717, 1.165) is 51.7 Å². The minimum absolute atomic E-state index is 0. The van der Waals surface area contributed by atoms with Gasteiger partial charge in [-0.2, -0.15) is 0 Å². The highest BCUT2D eigenvalue weighted by Crippen LogP contribution is 2.32. The number of fused-ring (bicyclic) bond motifs is 1. The van der Waals surface area contributed by atoms with Crippen molar-refractivity contribution < 1.29 is 4.79 Å². The van der Waals surface area contributed by atoms with E-state index in [-0.39, 0.29) is 30.5 Å². The van der Waals surface area contributed by atoms with Crippen LogP contribution in [0.3, 0.4) is 0 Å². The zero-order valence-electron chi connectivity index (χ0n) is 17.7. The number of benzene rings is 2. The lowest BCUT2D eigenvalue weighted by molar-refractivity contribution is 0.153. The van der Waals surface area contributed by atoms with Crippen LogP contribution >= 0.6 is 23.7 Å². The maximum absolute atomic E-state index is 12.6. The van der Waals surface area contributed by atoms with Crippen LogP contribution in [-0.2, 0) is 0 Å². The molecular weight excluding hydrogens is 442 g/mol. The first-order valence-electron chi connectivity index (χ1n) is 10.5. The zero-order valence-corrected chi connectivity index (χ0v) is 19.4. The van der Waals surface area contributed by atoms with Gasteiger partial charge in [0.05, 0.1) is 22.1 Å². The van der Waals surface area contributed by atoms with Gasteiger partial charge in [-0.25, -0.2) is 9.78 Å². The number of aromatic nitrogens is 2. The van der Waals surface area contributed by atoms with Gasteiger partial charge >= 0.3 is 6.03 Å². The lowest BCUT2D eigenvalue weighted by atomic mass is 9.97. The summed E-state index contributed by atoms with van der Waals surface area (Å²) in [5.74, 6) is 0.960. The van der Waals surface area contributed by atoms with Crippen molar-refractivity contribution in [3.05, 3.63) is 72.6 Å². The van der Waals surface area contributed by atoms with Gasteiger partial charge in [0.25, 0.3) is 0 Å². The molecule has 2 atom stereocenters. The van der Waals surface area contributed by atoms with E-state index in [0.29, 0.717) is 0 Å². The number of aromatic amines is 1. The third-order valence-electron chi connectivity index (χ3n) is 5.83. The van der Waals surface area contributed by atoms with E-state index in [1.54, 1.807) is 11.3 Å². The number of nitrogens with one attached hydrogen (secondary N) is 3. The van der Waals surface area contributed by atoms with Gasteiger partial charge in [0.2, 0.25) is 0 Å². The molecule has 0 unspecified atom stereocenters. The maximum Gasteiger partial charge on any atom is 0.320 e. The molecule has 2 aromatic carbocycles. The van der Waals surface area contributed by atoms with E-state index in [1.807, 2.05) is 54.6 Å². The van der Waals surface area contributed by atoms with Crippen molar-refractivity contribution in [3.8, 4) is 10.4 Å². The number of anilines is 1. The predicted molar refractivity (Wildman–Crippen MR) is 134 cm³/mol. The van der Waals surface area contributed by atoms with Crippen molar-refractivity contribution in [3.63, 3.8) is 0 Å². The van der Waals surface area contributed by atoms with E-state index in [4.69, 9.17) is 4.98 Å². The minimum Gasteiger partial charge on any atom is -0.341 e. The minimum atomic E-state index is -0.153. The lowest BCUT2D eigenvalue weighted by Crippen LogP contribution is -2.46. The fourth-order valence-electron chi connectivity index (χ4n) is 4.16. The quantitative estimate of drug-likeness (QED) is 0.362. The summed E-state index contributed by atoms with van der Waals surface area (Å²) in [6.07, 6.45) is 1.74. The highest BCUT2D eigenvalue weighted by atomic mass is 35.5. The van der Waals surface area contributed by atoms with Crippen LogP contribution in [0.5, 0.6) is 0 Å². The van der Waals surface area contributed by atoms with Crippen molar-refractivity contribution in [2.24, 2.45) is 0 Å². The van der Waals surface area contributed by atoms with E-state index >= 15 is 0 Å². The SMILES string of the molecule is CN1CC[C@@H](NC(=O)Nc2ccc(-c3ccccc3)s2)C[C@@H]1c1nc2ccccc2[nH]1.Cl. The maximum atomic E-state index is 12.6. The average Bonchev–Trinajstić information content (AvgIpc) is 3.42. The van der Waals surface area contributed by atoms with Crippen LogP contribution in [0.2, 0.25) is 0 Å². The number of hydrogen-bond acceptors (Lipinski definition) is 4. The van der Waals surface area contributed by atoms with Crippen LogP contribution in [-0.4, -0.2) is 40.5 Å². The zero-order chi connectivity index (χ0) is 21.2. The Labute approximate surface area is 197 Å². The molecule has 0 bridgehead atoms. The number of piperidine rings is 1. The van der Waals surface area contributed by atoms with E-state index in [1.165, 1.54) is 0 Å². The molecular formula is C24H26ClN5OS. The largest absolute Gasteiger partial charge is 0.341 e. The molecule has 6 nitrogen and oxygen atoms in total. The number of H-pyrrole nitrogens is 1. The molecule has 2 aromatic heterocycles. The van der Waals surface area contributed by atoms with E-state index < -0.39 is 0 Å². The van der Waals surface area contributed by atoms with Crippen LogP contribution in [0.15, 0.2) is 66.7 Å². The number of likely N-dealkylation sites (tertiary alicyclic amines) is 1. The topological polar surface area (TPSA) is 73.1 Å². The van der Waals surface area contributed by atoms with Crippen LogP contribution in [0.1, 0.15) is 24.7 Å². The second kappa shape index (κ2) is 9.73. The molecule has 2 amide bonds. The molecule has 0 aliphatic carbocycles. The first-order valence-corrected chi connectivity index (χ1v) is 11.3. The second-order valence-corrected chi connectivity index (χ2v) is 9.07. The molecule has 32 heavy (non-hydrogen) atoms. The first-order chi connectivity index (χ1) is 15.2. The summed E-state index contributed by atoms with van der Waals surface area (Å²) in [5, 5.41) is 7.00. The summed E-state index contributed by atoms with van der Waals surface area (Å²) >= 11 is 1.58. The van der Waals surface area contributed by atoms with Crippen LogP contribution in [0.4, 0.5) is 9.80 Å². The lowest BCUT2D eigenvalue weighted by Gasteiger charge is -2.36. The van der Waals surface area contributed by atoms with Crippen molar-refractivity contribution >= 4 is 45.8 Å². The highest BCUT2D eigenvalue weighted by molar-refractivity contribution is 7.19. The highest BCUT2D eigenvalue weighted by Gasteiger charge is 2.30. The Morgan fingerprint density at radius 3 is 2.69 bits per heavy atom. The van der Waals surface area contributed by atoms with Crippen molar-refractivity contribution in [2.45, 2.75) is 24.9 Å². The summed E-state index contributed by atoms with van der Waals surface area (Å²) in [7, 11) is 2.12. The summed E-state index contributed by atoms with van der Waals surface area (Å²) in [6, 6.07) is 22.4. The number of carbonyl (C=O) groups is 1. The number of para-hydroxylation sites is 2. The van der Waals surface area contributed by atoms with Crippen molar-refractivity contribution in [1.82, 2.24) is 20.2 Å². The predicted octanol–water partition coefficient (Wildman–Crippen LogP) is 5.67. The number of nitrogens with zero attached hydrogens (tertiary/aromatic N) is 2. The fourth-order valence-corrected chi connectivity index (χ4v) is 5.07. The molecule has 0 radical (unpaired) electrons. The number of hydrogen-bond donors (Lipinski definition) is 3. The smallest absolute Gasteiger partial charge is 0.320 e. The average molecular weight is 468 g/mol. The van der Waals surface area contributed by atoms with Gasteiger partial charge in [0, 0.05) is 17.5 Å². The van der Waals surface area contributed by atoms with Gasteiger partial charge < -0.3 is 10.3 Å². The Bertz CT molecular complexity index is 1160. The summed E-state index contributed by atoms with van der Waals surface area (Å²) in [6.45, 7) is 0.907. The monoisotopic (exact) mass is 467 g/mol. The number of halogens is 1. The summed E-state index contributed by atoms with van der Waals surface area (Å²) in [4.78, 5) is 24.3. The van der Waals surface area contributed by atoms with Gasteiger partial charge in [-0.15, -0.1) is 23.7 Å². The number of urea groups is 1. The van der Waals surface area contributed by atoms with Crippen LogP contribution in [0.25, 0.3) is 21.5 Å². The molecule has 166 valence electrons. The number of amides is 2. The Kier molecular flexibility index (Phi) is 6.79. The Hall–Kier alpha value is -2.87. The van der Waals surface area contributed by atoms with Crippen LogP contribution < -0.4 is 10.6 Å². The van der Waals surface area contributed by atoms with E-state index in [9.17, 15) is 4.79 Å². The molecule has 4 aromatic rings. The van der Waals surface area contributed by atoms with Crippen molar-refractivity contribution in [2.75, 3.05) is 18.9 Å². The normalized spacial score (nSPS) is 18.8. The Morgan fingerprint density at radius 1 is 1.09 bits per heavy atom. The number of imidazole rings is 1. The molecule has 0 spiro atoms. The number of thiophene rings is 1. The number of rotatable bonds is 4. The third-order valence-corrected chi connectivity index (χ3v) is 6.88. The van der Waals surface area contributed by atoms with E-state index in [2.05, 4.69) is 39.7 Å². The summed E-state index contributed by atoms with van der Waals surface area (Å²) in [5.41, 5.74) is 3.18. The van der Waals surface area contributed by atoms with Gasteiger partial charge in [-0.1, -0.05) is 42.5 Å².